The number of methoxy groups -OCH3 is 1. The van der Waals surface area contributed by atoms with Crippen molar-refractivity contribution in [2.45, 2.75) is 64.6 Å². The highest BCUT2D eigenvalue weighted by molar-refractivity contribution is 7.92. The van der Waals surface area contributed by atoms with Gasteiger partial charge in [-0.2, -0.15) is 0 Å². The Morgan fingerprint density at radius 2 is 1.66 bits per heavy atom. The second kappa shape index (κ2) is 13.0. The lowest BCUT2D eigenvalue weighted by atomic mass is 10.1. The number of sulfonamides is 1. The van der Waals surface area contributed by atoms with Crippen molar-refractivity contribution in [3.63, 3.8) is 0 Å². The molecule has 0 heterocycles. The van der Waals surface area contributed by atoms with Gasteiger partial charge < -0.3 is 15.0 Å². The van der Waals surface area contributed by atoms with E-state index in [1.807, 2.05) is 33.8 Å². The molecule has 0 aromatic heterocycles. The van der Waals surface area contributed by atoms with E-state index in [0.717, 1.165) is 15.4 Å². The summed E-state index contributed by atoms with van der Waals surface area (Å²) in [5, 5.41) is 3.36. The predicted molar refractivity (Wildman–Crippen MR) is 163 cm³/mol. The monoisotopic (exact) mass is 599 g/mol. The SMILES string of the molecule is COc1cccc(CN(C(=O)CN(c2ccc(Cl)cc2C)S(=O)(=O)c2ccc(C)cc2)[C@@H](C)C(=O)NC(C)(C)C)c1. The molecule has 0 aliphatic carbocycles. The highest BCUT2D eigenvalue weighted by Gasteiger charge is 2.34. The number of halogens is 1. The summed E-state index contributed by atoms with van der Waals surface area (Å²) in [7, 11) is -2.63. The van der Waals surface area contributed by atoms with E-state index in [9.17, 15) is 18.0 Å². The number of hydrogen-bond acceptors (Lipinski definition) is 5. The predicted octanol–water partition coefficient (Wildman–Crippen LogP) is 5.49. The zero-order valence-corrected chi connectivity index (χ0v) is 26.1. The molecule has 0 saturated carbocycles. The molecule has 0 spiro atoms. The molecule has 3 aromatic carbocycles. The maximum atomic E-state index is 14.1. The van der Waals surface area contributed by atoms with Crippen LogP contribution >= 0.6 is 11.6 Å². The van der Waals surface area contributed by atoms with E-state index in [1.165, 1.54) is 17.0 Å². The number of nitrogens with one attached hydrogen (secondary N) is 1. The van der Waals surface area contributed by atoms with E-state index in [2.05, 4.69) is 5.32 Å². The molecule has 3 aromatic rings. The van der Waals surface area contributed by atoms with Crippen LogP contribution in [0.1, 0.15) is 44.4 Å². The molecule has 0 unspecified atom stereocenters. The molecule has 3 rings (SSSR count). The van der Waals surface area contributed by atoms with Gasteiger partial charge in [0.1, 0.15) is 18.3 Å². The Kier molecular flexibility index (Phi) is 10.1. The molecule has 1 atom stereocenters. The molecule has 0 saturated heterocycles. The average molecular weight is 600 g/mol. The summed E-state index contributed by atoms with van der Waals surface area (Å²) in [6.07, 6.45) is 0. The molecule has 8 nitrogen and oxygen atoms in total. The molecule has 1 N–H and O–H groups in total. The van der Waals surface area contributed by atoms with Crippen molar-refractivity contribution >= 4 is 39.1 Å². The van der Waals surface area contributed by atoms with Gasteiger partial charge in [0.15, 0.2) is 0 Å². The molecule has 0 bridgehead atoms. The summed E-state index contributed by atoms with van der Waals surface area (Å²) in [5.41, 5.74) is 1.99. The number of carbonyl (C=O) groups is 2. The van der Waals surface area contributed by atoms with Crippen molar-refractivity contribution in [1.82, 2.24) is 10.2 Å². The lowest BCUT2D eigenvalue weighted by Crippen LogP contribution is -2.54. The molecular formula is C31H38ClN3O5S. The van der Waals surface area contributed by atoms with Crippen LogP contribution in [0.5, 0.6) is 5.75 Å². The van der Waals surface area contributed by atoms with E-state index in [0.29, 0.717) is 22.0 Å². The molecule has 2 amide bonds. The number of benzene rings is 3. The lowest BCUT2D eigenvalue weighted by molar-refractivity contribution is -0.140. The van der Waals surface area contributed by atoms with E-state index in [-0.39, 0.29) is 17.3 Å². The van der Waals surface area contributed by atoms with Gasteiger partial charge in [-0.1, -0.05) is 41.4 Å². The Morgan fingerprint density at radius 3 is 2.24 bits per heavy atom. The zero-order chi connectivity index (χ0) is 30.5. The smallest absolute Gasteiger partial charge is 0.264 e. The van der Waals surface area contributed by atoms with Crippen molar-refractivity contribution in [3.05, 3.63) is 88.4 Å². The van der Waals surface area contributed by atoms with Gasteiger partial charge in [-0.05, 0) is 95.1 Å². The summed E-state index contributed by atoms with van der Waals surface area (Å²) in [6.45, 7) is 10.3. The van der Waals surface area contributed by atoms with Gasteiger partial charge in [-0.25, -0.2) is 8.42 Å². The standard InChI is InChI=1S/C31H38ClN3O5S/c1-21-11-14-27(15-12-21)41(38,39)35(28-16-13-25(32)17-22(28)2)20-29(36)34(23(3)30(37)33-31(4,5)6)19-24-9-8-10-26(18-24)40-7/h8-18,23H,19-20H2,1-7H3,(H,33,37)/t23-/m0/s1. The maximum absolute atomic E-state index is 14.1. The second-order valence-electron chi connectivity index (χ2n) is 11.0. The van der Waals surface area contributed by atoms with Gasteiger partial charge in [0.25, 0.3) is 10.0 Å². The molecule has 0 radical (unpaired) electrons. The van der Waals surface area contributed by atoms with Crippen LogP contribution in [-0.4, -0.2) is 50.4 Å². The third kappa shape index (κ3) is 8.24. The number of aryl methyl sites for hydroxylation is 2. The number of amides is 2. The van der Waals surface area contributed by atoms with Crippen molar-refractivity contribution in [1.29, 1.82) is 0 Å². The number of ether oxygens (including phenoxy) is 1. The average Bonchev–Trinajstić information content (AvgIpc) is 2.89. The fourth-order valence-electron chi connectivity index (χ4n) is 4.27. The number of nitrogens with zero attached hydrogens (tertiary/aromatic N) is 2. The molecule has 0 aliphatic heterocycles. The quantitative estimate of drug-likeness (QED) is 0.332. The van der Waals surface area contributed by atoms with Crippen molar-refractivity contribution < 1.29 is 22.7 Å². The topological polar surface area (TPSA) is 96.0 Å². The van der Waals surface area contributed by atoms with E-state index < -0.39 is 34.1 Å². The normalized spacial score (nSPS) is 12.4. The lowest BCUT2D eigenvalue weighted by Gasteiger charge is -2.34. The zero-order valence-electron chi connectivity index (χ0n) is 24.6. The van der Waals surface area contributed by atoms with Gasteiger partial charge in [0.05, 0.1) is 17.7 Å². The molecule has 41 heavy (non-hydrogen) atoms. The second-order valence-corrected chi connectivity index (χ2v) is 13.3. The first-order chi connectivity index (χ1) is 19.1. The summed E-state index contributed by atoms with van der Waals surface area (Å²) in [6, 6.07) is 17.5. The Hall–Kier alpha value is -3.56. The van der Waals surface area contributed by atoms with Crippen LogP contribution in [0.3, 0.4) is 0 Å². The van der Waals surface area contributed by atoms with Crippen molar-refractivity contribution in [3.8, 4) is 5.75 Å². The van der Waals surface area contributed by atoms with Crippen LogP contribution < -0.4 is 14.4 Å². The largest absolute Gasteiger partial charge is 0.497 e. The molecule has 0 fully saturated rings. The first-order valence-electron chi connectivity index (χ1n) is 13.2. The van der Waals surface area contributed by atoms with Crippen LogP contribution in [0.15, 0.2) is 71.6 Å². The van der Waals surface area contributed by atoms with E-state index in [1.54, 1.807) is 69.5 Å². The molecule has 0 aliphatic rings. The van der Waals surface area contributed by atoms with Gasteiger partial charge in [0, 0.05) is 17.1 Å². The number of anilines is 1. The first kappa shape index (κ1) is 32.0. The number of carbonyl (C=O) groups excluding carboxylic acids is 2. The van der Waals surface area contributed by atoms with Crippen molar-refractivity contribution in [2.24, 2.45) is 0 Å². The fraction of sp³-hybridized carbons (Fsp3) is 0.355. The molecule has 10 heteroatoms. The van der Waals surface area contributed by atoms with Crippen LogP contribution in [0.25, 0.3) is 0 Å². The number of hydrogen-bond donors (Lipinski definition) is 1. The van der Waals surface area contributed by atoms with Crippen LogP contribution in [0.2, 0.25) is 5.02 Å². The van der Waals surface area contributed by atoms with Crippen LogP contribution in [-0.2, 0) is 26.2 Å². The van der Waals surface area contributed by atoms with Crippen molar-refractivity contribution in [2.75, 3.05) is 18.0 Å². The van der Waals surface area contributed by atoms with Gasteiger partial charge in [0.2, 0.25) is 11.8 Å². The van der Waals surface area contributed by atoms with Gasteiger partial charge in [-0.15, -0.1) is 0 Å². The minimum atomic E-state index is -4.17. The summed E-state index contributed by atoms with van der Waals surface area (Å²) < 4.78 is 34.4. The van der Waals surface area contributed by atoms with E-state index >= 15 is 0 Å². The Morgan fingerprint density at radius 1 is 1.00 bits per heavy atom. The maximum Gasteiger partial charge on any atom is 0.264 e. The summed E-state index contributed by atoms with van der Waals surface area (Å²) >= 11 is 6.17. The highest BCUT2D eigenvalue weighted by atomic mass is 35.5. The molecule has 220 valence electrons. The number of rotatable bonds is 10. The Labute approximate surface area is 248 Å². The Bertz CT molecular complexity index is 1500. The van der Waals surface area contributed by atoms with E-state index in [4.69, 9.17) is 16.3 Å². The summed E-state index contributed by atoms with van der Waals surface area (Å²) in [5.74, 6) is -0.305. The molecular weight excluding hydrogens is 562 g/mol. The fourth-order valence-corrected chi connectivity index (χ4v) is 5.98. The van der Waals surface area contributed by atoms with Gasteiger partial charge in [-0.3, -0.25) is 13.9 Å². The van der Waals surface area contributed by atoms with Crippen LogP contribution in [0, 0.1) is 13.8 Å². The minimum absolute atomic E-state index is 0.0446. The first-order valence-corrected chi connectivity index (χ1v) is 15.0. The van der Waals surface area contributed by atoms with Gasteiger partial charge >= 0.3 is 0 Å². The third-order valence-electron chi connectivity index (χ3n) is 6.47. The third-order valence-corrected chi connectivity index (χ3v) is 8.48. The highest BCUT2D eigenvalue weighted by Crippen LogP contribution is 2.29. The minimum Gasteiger partial charge on any atom is -0.497 e. The van der Waals surface area contributed by atoms with Crippen LogP contribution in [0.4, 0.5) is 5.69 Å². The Balaban J connectivity index is 2.08. The summed E-state index contributed by atoms with van der Waals surface area (Å²) in [4.78, 5) is 28.8.